The van der Waals surface area contributed by atoms with Crippen LogP contribution in [0.5, 0.6) is 0 Å². The van der Waals surface area contributed by atoms with E-state index in [0.29, 0.717) is 6.04 Å². The van der Waals surface area contributed by atoms with Crippen molar-refractivity contribution < 1.29 is 4.79 Å². The summed E-state index contributed by atoms with van der Waals surface area (Å²) in [7, 11) is 3.54. The van der Waals surface area contributed by atoms with Gasteiger partial charge in [-0.15, -0.1) is 0 Å². The number of nitrogens with one attached hydrogen (secondary N) is 2. The summed E-state index contributed by atoms with van der Waals surface area (Å²) < 4.78 is 0.275. The van der Waals surface area contributed by atoms with Crippen LogP contribution in [0.2, 0.25) is 0 Å². The van der Waals surface area contributed by atoms with Gasteiger partial charge in [-0.2, -0.15) is 11.8 Å². The van der Waals surface area contributed by atoms with Crippen LogP contribution in [-0.4, -0.2) is 85.0 Å². The van der Waals surface area contributed by atoms with Crippen molar-refractivity contribution in [1.82, 2.24) is 20.4 Å². The number of thioether (sulfide) groups is 1. The first-order valence-corrected chi connectivity index (χ1v) is 10.5. The Balaban J connectivity index is 1.90. The van der Waals surface area contributed by atoms with Gasteiger partial charge in [0.2, 0.25) is 5.91 Å². The summed E-state index contributed by atoms with van der Waals surface area (Å²) in [6, 6.07) is 0.568. The summed E-state index contributed by atoms with van der Waals surface area (Å²) in [4.78, 5) is 20.5. The zero-order valence-electron chi connectivity index (χ0n) is 16.3. The van der Waals surface area contributed by atoms with E-state index in [9.17, 15) is 4.79 Å². The highest BCUT2D eigenvalue weighted by molar-refractivity contribution is 8.00. The Labute approximate surface area is 157 Å². The van der Waals surface area contributed by atoms with E-state index in [0.717, 1.165) is 25.6 Å². The van der Waals surface area contributed by atoms with Crippen LogP contribution in [-0.2, 0) is 4.79 Å². The zero-order chi connectivity index (χ0) is 18.3. The van der Waals surface area contributed by atoms with Crippen molar-refractivity contribution in [2.45, 2.75) is 50.3 Å². The molecule has 0 aromatic heterocycles. The highest BCUT2D eigenvalue weighted by atomic mass is 32.2. The van der Waals surface area contributed by atoms with E-state index < -0.39 is 0 Å². The van der Waals surface area contributed by atoms with Crippen molar-refractivity contribution in [1.29, 1.82) is 0 Å². The molecule has 2 aliphatic rings. The standard InChI is InChI=1S/C18H35N5OS/c1-5-23-10-6-8-15(23)12-19-17(20-13-16(24)22(3)4)21-14-18(2)9-7-11-25-18/h15H,5-14H2,1-4H3,(H2,19,20,21). The molecule has 6 nitrogen and oxygen atoms in total. The summed E-state index contributed by atoms with van der Waals surface area (Å²) in [5, 5.41) is 6.96. The average Bonchev–Trinajstić information content (AvgIpc) is 3.22. The number of nitrogens with zero attached hydrogens (tertiary/aromatic N) is 3. The Morgan fingerprint density at radius 1 is 1.36 bits per heavy atom. The fourth-order valence-electron chi connectivity index (χ4n) is 3.47. The molecule has 1 amide bonds. The first kappa shape index (κ1) is 20.4. The van der Waals surface area contributed by atoms with Crippen molar-refractivity contribution in [2.75, 3.05) is 52.6 Å². The second-order valence-corrected chi connectivity index (χ2v) is 9.20. The lowest BCUT2D eigenvalue weighted by atomic mass is 10.1. The average molecular weight is 370 g/mol. The molecular formula is C18H35N5OS. The number of rotatable bonds is 7. The number of likely N-dealkylation sites (tertiary alicyclic amines) is 1. The van der Waals surface area contributed by atoms with E-state index in [-0.39, 0.29) is 17.2 Å². The predicted octanol–water partition coefficient (Wildman–Crippen LogP) is 1.38. The van der Waals surface area contributed by atoms with Gasteiger partial charge in [-0.3, -0.25) is 9.69 Å². The van der Waals surface area contributed by atoms with Gasteiger partial charge in [-0.25, -0.2) is 4.99 Å². The minimum Gasteiger partial charge on any atom is -0.355 e. The van der Waals surface area contributed by atoms with E-state index in [4.69, 9.17) is 0 Å². The summed E-state index contributed by atoms with van der Waals surface area (Å²) in [6.07, 6.45) is 5.03. The molecule has 0 saturated carbocycles. The molecule has 2 heterocycles. The molecule has 0 bridgehead atoms. The third-order valence-electron chi connectivity index (χ3n) is 5.21. The Morgan fingerprint density at radius 3 is 2.80 bits per heavy atom. The van der Waals surface area contributed by atoms with E-state index in [1.165, 1.54) is 38.0 Å². The first-order valence-electron chi connectivity index (χ1n) is 9.54. The van der Waals surface area contributed by atoms with Gasteiger partial charge in [0.1, 0.15) is 6.54 Å². The molecule has 0 aromatic carbocycles. The minimum atomic E-state index is 0.0265. The molecule has 7 heteroatoms. The number of hydrogen-bond donors (Lipinski definition) is 2. The summed E-state index contributed by atoms with van der Waals surface area (Å²) >= 11 is 2.03. The van der Waals surface area contributed by atoms with Crippen LogP contribution in [0.1, 0.15) is 39.5 Å². The van der Waals surface area contributed by atoms with Gasteiger partial charge in [-0.05, 0) is 51.4 Å². The van der Waals surface area contributed by atoms with E-state index in [1.807, 2.05) is 11.8 Å². The largest absolute Gasteiger partial charge is 0.355 e. The number of amides is 1. The summed E-state index contributed by atoms with van der Waals surface area (Å²) in [6.45, 7) is 8.79. The first-order chi connectivity index (χ1) is 11.9. The normalized spacial score (nSPS) is 27.5. The Bertz CT molecular complexity index is 462. The van der Waals surface area contributed by atoms with Gasteiger partial charge in [0, 0.05) is 38.0 Å². The number of aliphatic imine (C=N–C) groups is 1. The third kappa shape index (κ3) is 6.37. The Hall–Kier alpha value is -0.950. The fraction of sp³-hybridized carbons (Fsp3) is 0.889. The molecule has 2 atom stereocenters. The second-order valence-electron chi connectivity index (χ2n) is 7.51. The lowest BCUT2D eigenvalue weighted by Crippen LogP contribution is -2.48. The number of guanidine groups is 1. The van der Waals surface area contributed by atoms with Gasteiger partial charge < -0.3 is 15.5 Å². The minimum absolute atomic E-state index is 0.0265. The van der Waals surface area contributed by atoms with Gasteiger partial charge in [0.25, 0.3) is 0 Å². The van der Waals surface area contributed by atoms with Crippen LogP contribution in [0.3, 0.4) is 0 Å². The Kier molecular flexibility index (Phi) is 7.87. The van der Waals surface area contributed by atoms with Crippen molar-refractivity contribution in [3.8, 4) is 0 Å². The molecule has 2 N–H and O–H groups in total. The van der Waals surface area contributed by atoms with E-state index in [1.54, 1.807) is 19.0 Å². The molecule has 144 valence electrons. The molecule has 2 unspecified atom stereocenters. The van der Waals surface area contributed by atoms with Gasteiger partial charge in [0.05, 0.1) is 0 Å². The topological polar surface area (TPSA) is 60.0 Å². The molecule has 0 spiro atoms. The monoisotopic (exact) mass is 369 g/mol. The highest BCUT2D eigenvalue weighted by Crippen LogP contribution is 2.36. The molecule has 0 radical (unpaired) electrons. The van der Waals surface area contributed by atoms with Crippen LogP contribution >= 0.6 is 11.8 Å². The summed E-state index contributed by atoms with van der Waals surface area (Å²) in [5.41, 5.74) is 0. The fourth-order valence-corrected chi connectivity index (χ4v) is 4.71. The lowest BCUT2D eigenvalue weighted by Gasteiger charge is -2.27. The van der Waals surface area contributed by atoms with Crippen LogP contribution in [0.25, 0.3) is 0 Å². The molecular weight excluding hydrogens is 334 g/mol. The molecule has 2 fully saturated rings. The Morgan fingerprint density at radius 2 is 2.16 bits per heavy atom. The van der Waals surface area contributed by atoms with E-state index >= 15 is 0 Å². The van der Waals surface area contributed by atoms with Crippen molar-refractivity contribution in [3.63, 3.8) is 0 Å². The lowest BCUT2D eigenvalue weighted by molar-refractivity contribution is -0.127. The SMILES string of the molecule is CCN1CCCC1CNC(=NCC(=O)N(C)C)NCC1(C)CCCS1. The number of carbonyl (C=O) groups is 1. The number of likely N-dealkylation sites (N-methyl/N-ethyl adjacent to an activating group) is 2. The van der Waals surface area contributed by atoms with Crippen molar-refractivity contribution >= 4 is 23.6 Å². The summed E-state index contributed by atoms with van der Waals surface area (Å²) in [5.74, 6) is 2.04. The molecule has 2 rings (SSSR count). The van der Waals surface area contributed by atoms with Gasteiger partial charge in [0.15, 0.2) is 5.96 Å². The van der Waals surface area contributed by atoms with Crippen LogP contribution in [0, 0.1) is 0 Å². The zero-order valence-corrected chi connectivity index (χ0v) is 17.1. The van der Waals surface area contributed by atoms with Crippen molar-refractivity contribution in [2.24, 2.45) is 4.99 Å². The van der Waals surface area contributed by atoms with Gasteiger partial charge in [-0.1, -0.05) is 6.92 Å². The highest BCUT2D eigenvalue weighted by Gasteiger charge is 2.29. The predicted molar refractivity (Wildman–Crippen MR) is 107 cm³/mol. The maximum atomic E-state index is 11.9. The molecule has 0 aliphatic carbocycles. The van der Waals surface area contributed by atoms with Crippen LogP contribution < -0.4 is 10.6 Å². The maximum Gasteiger partial charge on any atom is 0.243 e. The smallest absolute Gasteiger partial charge is 0.243 e. The van der Waals surface area contributed by atoms with Crippen LogP contribution in [0.15, 0.2) is 4.99 Å². The van der Waals surface area contributed by atoms with E-state index in [2.05, 4.69) is 34.4 Å². The number of carbonyl (C=O) groups excluding carboxylic acids is 1. The quantitative estimate of drug-likeness (QED) is 0.524. The molecule has 2 aliphatic heterocycles. The van der Waals surface area contributed by atoms with Gasteiger partial charge >= 0.3 is 0 Å². The molecule has 2 saturated heterocycles. The number of hydrogen-bond acceptors (Lipinski definition) is 4. The molecule has 25 heavy (non-hydrogen) atoms. The molecule has 0 aromatic rings. The van der Waals surface area contributed by atoms with Crippen molar-refractivity contribution in [3.05, 3.63) is 0 Å². The maximum absolute atomic E-state index is 11.9. The second kappa shape index (κ2) is 9.67. The third-order valence-corrected chi connectivity index (χ3v) is 6.75. The van der Waals surface area contributed by atoms with Crippen LogP contribution in [0.4, 0.5) is 0 Å².